The van der Waals surface area contributed by atoms with Crippen molar-refractivity contribution in [1.29, 1.82) is 0 Å². The Balaban J connectivity index is 2.04. The summed E-state index contributed by atoms with van der Waals surface area (Å²) in [7, 11) is 1.53. The predicted molar refractivity (Wildman–Crippen MR) is 81.8 cm³/mol. The Bertz CT molecular complexity index is 546. The zero-order valence-corrected chi connectivity index (χ0v) is 13.4. The average molecular weight is 346 g/mol. The Labute approximate surface area is 138 Å². The smallest absolute Gasteiger partial charge is 0.405 e. The largest absolute Gasteiger partial charge is 0.497 e. The molecule has 1 N–H and O–H groups in total. The van der Waals surface area contributed by atoms with Gasteiger partial charge in [0.25, 0.3) is 0 Å². The predicted octanol–water partition coefficient (Wildman–Crippen LogP) is 2.95. The topological polar surface area (TPSA) is 50.8 Å². The molecule has 1 aliphatic rings. The van der Waals surface area contributed by atoms with E-state index in [1.54, 1.807) is 24.3 Å². The first-order chi connectivity index (χ1) is 11.4. The van der Waals surface area contributed by atoms with E-state index in [1.165, 1.54) is 12.0 Å². The van der Waals surface area contributed by atoms with Crippen LogP contribution in [0.25, 0.3) is 0 Å². The van der Waals surface area contributed by atoms with Crippen LogP contribution < -0.4 is 10.1 Å². The quantitative estimate of drug-likeness (QED) is 0.862. The lowest BCUT2D eigenvalue weighted by atomic mass is 10.2. The molecule has 0 unspecified atom stereocenters. The molecule has 24 heavy (non-hydrogen) atoms. The summed E-state index contributed by atoms with van der Waals surface area (Å²) in [6.45, 7) is -0.310. The zero-order valence-electron chi connectivity index (χ0n) is 13.4. The first-order valence-corrected chi connectivity index (χ1v) is 7.71. The third-order valence-electron chi connectivity index (χ3n) is 3.68. The van der Waals surface area contributed by atoms with Gasteiger partial charge in [0.2, 0.25) is 0 Å². The van der Waals surface area contributed by atoms with Gasteiger partial charge < -0.3 is 19.7 Å². The van der Waals surface area contributed by atoms with E-state index in [2.05, 4.69) is 0 Å². The number of rotatable bonds is 6. The number of methoxy groups -OCH3 is 1. The summed E-state index contributed by atoms with van der Waals surface area (Å²) in [5.74, 6) is 0.625. The molecule has 0 bridgehead atoms. The Hall–Kier alpha value is -1.96. The molecule has 0 radical (unpaired) electrons. The van der Waals surface area contributed by atoms with E-state index in [0.717, 1.165) is 18.4 Å². The number of hydrogen-bond acceptors (Lipinski definition) is 3. The third-order valence-corrected chi connectivity index (χ3v) is 3.68. The highest BCUT2D eigenvalue weighted by molar-refractivity contribution is 5.74. The minimum absolute atomic E-state index is 0.146. The normalized spacial score (nSPS) is 17.6. The molecule has 1 fully saturated rings. The van der Waals surface area contributed by atoms with Crippen LogP contribution in [0.1, 0.15) is 18.4 Å². The van der Waals surface area contributed by atoms with Gasteiger partial charge in [0.05, 0.1) is 13.2 Å². The molecule has 134 valence electrons. The summed E-state index contributed by atoms with van der Waals surface area (Å²) in [6, 6.07) is 6.32. The molecule has 1 aromatic rings. The maximum atomic E-state index is 12.3. The molecule has 0 aliphatic carbocycles. The number of carbonyl (C=O) groups excluding carboxylic acids is 1. The molecule has 0 aromatic heterocycles. The molecule has 1 saturated heterocycles. The molecule has 5 nitrogen and oxygen atoms in total. The Morgan fingerprint density at radius 3 is 2.88 bits per heavy atom. The first-order valence-electron chi connectivity index (χ1n) is 7.71. The fraction of sp³-hybridized carbons (Fsp3) is 0.562. The van der Waals surface area contributed by atoms with Gasteiger partial charge in [-0.15, -0.1) is 0 Å². The second-order valence-electron chi connectivity index (χ2n) is 5.64. The van der Waals surface area contributed by atoms with Gasteiger partial charge in [-0.3, -0.25) is 0 Å². The molecule has 8 heteroatoms. The van der Waals surface area contributed by atoms with Crippen LogP contribution in [0.15, 0.2) is 24.3 Å². The fourth-order valence-corrected chi connectivity index (χ4v) is 2.53. The maximum absolute atomic E-state index is 12.3. The summed E-state index contributed by atoms with van der Waals surface area (Å²) < 4.78 is 47.6. The standard InChI is InChI=1S/C16H21F3N2O3/c1-23-13-5-2-4-12(8-13)9-21(10-14-6-3-7-24-14)15(22)20-11-16(17,18)19/h2,4-5,8,14H,3,6-7,9-11H2,1H3,(H,20,22)/t14-/m1/s1. The summed E-state index contributed by atoms with van der Waals surface area (Å²) in [5, 5.41) is 1.92. The number of hydrogen-bond donors (Lipinski definition) is 1. The van der Waals surface area contributed by atoms with E-state index >= 15 is 0 Å². The highest BCUT2D eigenvalue weighted by atomic mass is 19.4. The SMILES string of the molecule is COc1cccc(CN(C[C@H]2CCCO2)C(=O)NCC(F)(F)F)c1. The molecule has 1 heterocycles. The number of urea groups is 1. The Morgan fingerprint density at radius 1 is 1.46 bits per heavy atom. The monoisotopic (exact) mass is 346 g/mol. The molecule has 1 aliphatic heterocycles. The molecule has 2 rings (SSSR count). The van der Waals surface area contributed by atoms with Gasteiger partial charge in [0.1, 0.15) is 12.3 Å². The Morgan fingerprint density at radius 2 is 2.25 bits per heavy atom. The van der Waals surface area contributed by atoms with Gasteiger partial charge in [0.15, 0.2) is 0 Å². The van der Waals surface area contributed by atoms with Crippen molar-refractivity contribution in [3.05, 3.63) is 29.8 Å². The number of nitrogens with zero attached hydrogens (tertiary/aromatic N) is 1. The number of nitrogens with one attached hydrogen (secondary N) is 1. The van der Waals surface area contributed by atoms with Crippen molar-refractivity contribution in [3.63, 3.8) is 0 Å². The summed E-state index contributed by atoms with van der Waals surface area (Å²) >= 11 is 0. The van der Waals surface area contributed by atoms with Crippen LogP contribution in [0.3, 0.4) is 0 Å². The molecule has 1 aromatic carbocycles. The molecular formula is C16H21F3N2O3. The third kappa shape index (κ3) is 5.92. The van der Waals surface area contributed by atoms with Gasteiger partial charge >= 0.3 is 12.2 Å². The van der Waals surface area contributed by atoms with Gasteiger partial charge in [0, 0.05) is 19.7 Å². The average Bonchev–Trinajstić information content (AvgIpc) is 3.04. The second-order valence-corrected chi connectivity index (χ2v) is 5.64. The van der Waals surface area contributed by atoms with Crippen LogP contribution in [0.2, 0.25) is 0 Å². The van der Waals surface area contributed by atoms with E-state index < -0.39 is 18.8 Å². The van der Waals surface area contributed by atoms with Crippen molar-refractivity contribution in [2.75, 3.05) is 26.8 Å². The molecule has 2 amide bonds. The molecule has 1 atom stereocenters. The van der Waals surface area contributed by atoms with Crippen molar-refractivity contribution in [3.8, 4) is 5.75 Å². The number of carbonyl (C=O) groups is 1. The van der Waals surface area contributed by atoms with Crippen molar-refractivity contribution in [1.82, 2.24) is 10.2 Å². The maximum Gasteiger partial charge on any atom is 0.405 e. The summed E-state index contributed by atoms with van der Waals surface area (Å²) in [4.78, 5) is 13.5. The second kappa shape index (κ2) is 8.23. The first kappa shape index (κ1) is 18.4. The van der Waals surface area contributed by atoms with Gasteiger partial charge in [-0.05, 0) is 30.5 Å². The number of ether oxygens (including phenoxy) is 2. The van der Waals surface area contributed by atoms with Crippen molar-refractivity contribution in [2.45, 2.75) is 31.7 Å². The van der Waals surface area contributed by atoms with Gasteiger partial charge in [-0.2, -0.15) is 13.2 Å². The van der Waals surface area contributed by atoms with E-state index in [4.69, 9.17) is 9.47 Å². The summed E-state index contributed by atoms with van der Waals surface area (Å²) in [5.41, 5.74) is 0.773. The summed E-state index contributed by atoms with van der Waals surface area (Å²) in [6.07, 6.45) is -2.91. The lowest BCUT2D eigenvalue weighted by molar-refractivity contribution is -0.123. The van der Waals surface area contributed by atoms with Crippen LogP contribution in [-0.2, 0) is 11.3 Å². The van der Waals surface area contributed by atoms with Crippen LogP contribution in [0.4, 0.5) is 18.0 Å². The lowest BCUT2D eigenvalue weighted by Gasteiger charge is -2.26. The van der Waals surface area contributed by atoms with E-state index in [0.29, 0.717) is 12.4 Å². The van der Waals surface area contributed by atoms with Crippen LogP contribution >= 0.6 is 0 Å². The van der Waals surface area contributed by atoms with Crippen LogP contribution in [-0.4, -0.2) is 50.0 Å². The van der Waals surface area contributed by atoms with Crippen molar-refractivity contribution < 1.29 is 27.4 Å². The van der Waals surface area contributed by atoms with E-state index in [9.17, 15) is 18.0 Å². The highest BCUT2D eigenvalue weighted by Crippen LogP contribution is 2.18. The van der Waals surface area contributed by atoms with Crippen LogP contribution in [0.5, 0.6) is 5.75 Å². The number of halogens is 3. The van der Waals surface area contributed by atoms with Crippen molar-refractivity contribution >= 4 is 6.03 Å². The molecular weight excluding hydrogens is 325 g/mol. The lowest BCUT2D eigenvalue weighted by Crippen LogP contribution is -2.46. The van der Waals surface area contributed by atoms with Gasteiger partial charge in [-0.1, -0.05) is 12.1 Å². The number of benzene rings is 1. The Kier molecular flexibility index (Phi) is 6.30. The minimum atomic E-state index is -4.44. The molecule has 0 saturated carbocycles. The van der Waals surface area contributed by atoms with Crippen LogP contribution in [0, 0.1) is 0 Å². The van der Waals surface area contributed by atoms with E-state index in [-0.39, 0.29) is 19.2 Å². The van der Waals surface area contributed by atoms with Gasteiger partial charge in [-0.25, -0.2) is 4.79 Å². The highest BCUT2D eigenvalue weighted by Gasteiger charge is 2.30. The number of amides is 2. The number of alkyl halides is 3. The fourth-order valence-electron chi connectivity index (χ4n) is 2.53. The van der Waals surface area contributed by atoms with E-state index in [1.807, 2.05) is 5.32 Å². The minimum Gasteiger partial charge on any atom is -0.497 e. The molecule has 0 spiro atoms. The zero-order chi connectivity index (χ0) is 17.6. The van der Waals surface area contributed by atoms with Crippen molar-refractivity contribution in [2.24, 2.45) is 0 Å².